The number of carbonyl (C=O) groups excluding carboxylic acids is 1. The second-order valence-corrected chi connectivity index (χ2v) is 4.69. The van der Waals surface area contributed by atoms with Crippen LogP contribution in [0.15, 0.2) is 18.2 Å². The summed E-state index contributed by atoms with van der Waals surface area (Å²) >= 11 is 0. The number of ether oxygens (including phenoxy) is 1. The van der Waals surface area contributed by atoms with E-state index >= 15 is 0 Å². The van der Waals surface area contributed by atoms with E-state index in [4.69, 9.17) is 10.5 Å². The lowest BCUT2D eigenvalue weighted by molar-refractivity contribution is -0.132. The number of fused-ring (bicyclic) bond motifs is 1. The van der Waals surface area contributed by atoms with Crippen molar-refractivity contribution in [2.45, 2.75) is 25.8 Å². The van der Waals surface area contributed by atoms with Gasteiger partial charge in [-0.1, -0.05) is 6.07 Å². The van der Waals surface area contributed by atoms with E-state index in [2.05, 4.69) is 6.07 Å². The molecule has 4 heteroatoms. The molecule has 1 aromatic rings. The SMILES string of the molecule is COCCCC(=O)N1CCc2ccc(N)cc2C1. The molecular weight excluding hydrogens is 228 g/mol. The Bertz CT molecular complexity index is 432. The summed E-state index contributed by atoms with van der Waals surface area (Å²) in [5.74, 6) is 0.208. The minimum atomic E-state index is 0.208. The summed E-state index contributed by atoms with van der Waals surface area (Å²) in [5.41, 5.74) is 9.04. The molecule has 0 aromatic heterocycles. The van der Waals surface area contributed by atoms with Crippen molar-refractivity contribution in [3.05, 3.63) is 29.3 Å². The molecule has 4 nitrogen and oxygen atoms in total. The van der Waals surface area contributed by atoms with Gasteiger partial charge in [0.1, 0.15) is 0 Å². The van der Waals surface area contributed by atoms with Crippen LogP contribution in [0.2, 0.25) is 0 Å². The van der Waals surface area contributed by atoms with Crippen molar-refractivity contribution in [3.8, 4) is 0 Å². The molecule has 0 aliphatic carbocycles. The van der Waals surface area contributed by atoms with E-state index < -0.39 is 0 Å². The van der Waals surface area contributed by atoms with Gasteiger partial charge in [0, 0.05) is 38.9 Å². The maximum absolute atomic E-state index is 12.0. The van der Waals surface area contributed by atoms with Gasteiger partial charge in [0.05, 0.1) is 0 Å². The lowest BCUT2D eigenvalue weighted by atomic mass is 9.99. The Morgan fingerprint density at radius 3 is 3.06 bits per heavy atom. The monoisotopic (exact) mass is 248 g/mol. The van der Waals surface area contributed by atoms with Gasteiger partial charge in [0.15, 0.2) is 0 Å². The van der Waals surface area contributed by atoms with Crippen molar-refractivity contribution >= 4 is 11.6 Å². The van der Waals surface area contributed by atoms with E-state index in [9.17, 15) is 4.79 Å². The summed E-state index contributed by atoms with van der Waals surface area (Å²) < 4.78 is 4.96. The number of hydrogen-bond donors (Lipinski definition) is 1. The number of carbonyl (C=O) groups is 1. The van der Waals surface area contributed by atoms with Gasteiger partial charge in [0.2, 0.25) is 5.91 Å². The van der Waals surface area contributed by atoms with Crippen molar-refractivity contribution in [2.75, 3.05) is 26.0 Å². The highest BCUT2D eigenvalue weighted by Crippen LogP contribution is 2.21. The summed E-state index contributed by atoms with van der Waals surface area (Å²) in [5, 5.41) is 0. The molecule has 1 aromatic carbocycles. The number of anilines is 1. The number of nitrogens with zero attached hydrogens (tertiary/aromatic N) is 1. The number of nitrogens with two attached hydrogens (primary N) is 1. The van der Waals surface area contributed by atoms with Crippen molar-refractivity contribution in [1.82, 2.24) is 4.90 Å². The van der Waals surface area contributed by atoms with Crippen LogP contribution in [0.1, 0.15) is 24.0 Å². The predicted molar refractivity (Wildman–Crippen MR) is 71.1 cm³/mol. The van der Waals surface area contributed by atoms with Gasteiger partial charge in [-0.15, -0.1) is 0 Å². The van der Waals surface area contributed by atoms with E-state index in [0.717, 1.165) is 25.1 Å². The summed E-state index contributed by atoms with van der Waals surface area (Å²) in [4.78, 5) is 13.9. The molecule has 0 unspecified atom stereocenters. The topological polar surface area (TPSA) is 55.6 Å². The van der Waals surface area contributed by atoms with Crippen LogP contribution >= 0.6 is 0 Å². The van der Waals surface area contributed by atoms with Gasteiger partial charge < -0.3 is 15.4 Å². The second-order valence-electron chi connectivity index (χ2n) is 4.69. The molecule has 2 rings (SSSR count). The molecule has 0 bridgehead atoms. The lowest BCUT2D eigenvalue weighted by Crippen LogP contribution is -2.35. The smallest absolute Gasteiger partial charge is 0.222 e. The fraction of sp³-hybridized carbons (Fsp3) is 0.500. The quantitative estimate of drug-likeness (QED) is 0.650. The summed E-state index contributed by atoms with van der Waals surface area (Å²) in [6.45, 7) is 2.14. The first-order valence-electron chi connectivity index (χ1n) is 6.34. The van der Waals surface area contributed by atoms with Crippen molar-refractivity contribution in [2.24, 2.45) is 0 Å². The largest absolute Gasteiger partial charge is 0.399 e. The van der Waals surface area contributed by atoms with Gasteiger partial charge in [-0.3, -0.25) is 4.79 Å². The molecule has 1 amide bonds. The van der Waals surface area contributed by atoms with E-state index in [-0.39, 0.29) is 5.91 Å². The van der Waals surface area contributed by atoms with Gasteiger partial charge >= 0.3 is 0 Å². The molecule has 0 atom stereocenters. The van der Waals surface area contributed by atoms with E-state index in [0.29, 0.717) is 19.6 Å². The number of benzene rings is 1. The van der Waals surface area contributed by atoms with Gasteiger partial charge in [-0.25, -0.2) is 0 Å². The average molecular weight is 248 g/mol. The van der Waals surface area contributed by atoms with E-state index in [1.54, 1.807) is 7.11 Å². The molecule has 1 heterocycles. The van der Waals surface area contributed by atoms with Crippen LogP contribution in [-0.2, 0) is 22.5 Å². The number of amides is 1. The molecule has 1 aliphatic rings. The van der Waals surface area contributed by atoms with E-state index in [1.807, 2.05) is 17.0 Å². The second kappa shape index (κ2) is 5.87. The van der Waals surface area contributed by atoms with Crippen LogP contribution in [0, 0.1) is 0 Å². The number of methoxy groups -OCH3 is 1. The highest BCUT2D eigenvalue weighted by atomic mass is 16.5. The maximum atomic E-state index is 12.0. The first kappa shape index (κ1) is 12.9. The normalized spacial score (nSPS) is 14.4. The number of rotatable bonds is 4. The Kier molecular flexibility index (Phi) is 4.20. The van der Waals surface area contributed by atoms with Crippen LogP contribution in [-0.4, -0.2) is 31.1 Å². The van der Waals surface area contributed by atoms with E-state index in [1.165, 1.54) is 11.1 Å². The summed E-state index contributed by atoms with van der Waals surface area (Å²) in [6.07, 6.45) is 2.27. The van der Waals surface area contributed by atoms with Crippen molar-refractivity contribution in [3.63, 3.8) is 0 Å². The Balaban J connectivity index is 1.96. The molecular formula is C14H20N2O2. The summed E-state index contributed by atoms with van der Waals surface area (Å²) in [7, 11) is 1.66. The van der Waals surface area contributed by atoms with Gasteiger partial charge in [-0.2, -0.15) is 0 Å². The van der Waals surface area contributed by atoms with Crippen molar-refractivity contribution < 1.29 is 9.53 Å². The summed E-state index contributed by atoms with van der Waals surface area (Å²) in [6, 6.07) is 5.97. The molecule has 18 heavy (non-hydrogen) atoms. The zero-order chi connectivity index (χ0) is 13.0. The van der Waals surface area contributed by atoms with Crippen molar-refractivity contribution in [1.29, 1.82) is 0 Å². The third-order valence-electron chi connectivity index (χ3n) is 3.33. The molecule has 0 saturated carbocycles. The minimum Gasteiger partial charge on any atom is -0.399 e. The Hall–Kier alpha value is -1.55. The Morgan fingerprint density at radius 1 is 1.44 bits per heavy atom. The standard InChI is InChI=1S/C14H20N2O2/c1-18-8-2-3-14(17)16-7-6-11-4-5-13(15)9-12(11)10-16/h4-5,9H,2-3,6-8,10,15H2,1H3. The molecule has 0 saturated heterocycles. The maximum Gasteiger partial charge on any atom is 0.222 e. The van der Waals surface area contributed by atoms with Crippen LogP contribution in [0.5, 0.6) is 0 Å². The Morgan fingerprint density at radius 2 is 2.28 bits per heavy atom. The molecule has 0 fully saturated rings. The zero-order valence-electron chi connectivity index (χ0n) is 10.8. The molecule has 0 spiro atoms. The predicted octanol–water partition coefficient (Wildman–Crippen LogP) is 1.58. The fourth-order valence-corrected chi connectivity index (χ4v) is 2.32. The first-order chi connectivity index (χ1) is 8.70. The van der Waals surface area contributed by atoms with Gasteiger partial charge in [0.25, 0.3) is 0 Å². The van der Waals surface area contributed by atoms with Crippen LogP contribution in [0.4, 0.5) is 5.69 Å². The molecule has 1 aliphatic heterocycles. The third kappa shape index (κ3) is 3.01. The third-order valence-corrected chi connectivity index (χ3v) is 3.33. The highest BCUT2D eigenvalue weighted by molar-refractivity contribution is 5.76. The lowest BCUT2D eigenvalue weighted by Gasteiger charge is -2.29. The molecule has 98 valence electrons. The van der Waals surface area contributed by atoms with Gasteiger partial charge in [-0.05, 0) is 36.1 Å². The highest BCUT2D eigenvalue weighted by Gasteiger charge is 2.20. The number of nitrogen functional groups attached to an aromatic ring is 1. The van der Waals surface area contributed by atoms with Crippen LogP contribution in [0.25, 0.3) is 0 Å². The fourth-order valence-electron chi connectivity index (χ4n) is 2.32. The minimum absolute atomic E-state index is 0.208. The molecule has 2 N–H and O–H groups in total. The average Bonchev–Trinajstić information content (AvgIpc) is 2.38. The first-order valence-corrected chi connectivity index (χ1v) is 6.34. The molecule has 0 radical (unpaired) electrons. The zero-order valence-corrected chi connectivity index (χ0v) is 10.8. The van der Waals surface area contributed by atoms with Crippen LogP contribution < -0.4 is 5.73 Å². The number of hydrogen-bond acceptors (Lipinski definition) is 3. The van der Waals surface area contributed by atoms with Crippen LogP contribution in [0.3, 0.4) is 0 Å². The Labute approximate surface area is 108 Å².